The molecular weight excluding hydrogens is 316 g/mol. The second-order valence-electron chi connectivity index (χ2n) is 9.70. The van der Waals surface area contributed by atoms with Crippen LogP contribution in [0.5, 0.6) is 0 Å². The molecule has 2 unspecified atom stereocenters. The Kier molecular flexibility index (Phi) is 4.88. The summed E-state index contributed by atoms with van der Waals surface area (Å²) in [4.78, 5) is 13.5. The summed E-state index contributed by atoms with van der Waals surface area (Å²) in [6, 6.07) is 0. The first-order valence-corrected chi connectivity index (χ1v) is 10.2. The van der Waals surface area contributed by atoms with Gasteiger partial charge in [0.15, 0.2) is 0 Å². The van der Waals surface area contributed by atoms with Gasteiger partial charge in [-0.15, -0.1) is 0 Å². The van der Waals surface area contributed by atoms with Gasteiger partial charge in [-0.3, -0.25) is 4.79 Å². The van der Waals surface area contributed by atoms with Crippen molar-refractivity contribution in [1.29, 1.82) is 0 Å². The summed E-state index contributed by atoms with van der Waals surface area (Å²) >= 11 is 0. The monoisotopic (exact) mass is 352 g/mol. The maximum absolute atomic E-state index is 13.5. The second-order valence-corrected chi connectivity index (χ2v) is 9.70. The van der Waals surface area contributed by atoms with Crippen LogP contribution in [0.2, 0.25) is 0 Å². The van der Waals surface area contributed by atoms with Crippen LogP contribution >= 0.6 is 0 Å². The van der Waals surface area contributed by atoms with Gasteiger partial charge in [0, 0.05) is 30.0 Å². The van der Waals surface area contributed by atoms with Gasteiger partial charge in [0.25, 0.3) is 0 Å². The lowest BCUT2D eigenvalue weighted by molar-refractivity contribution is -0.191. The standard InChI is InChI=1S/C21H36O4/c1-5-19(3)10-16(24)20(4)15(12-23)7-9-21(13(2)18(19)25)8-6-14(11-22)17(20)21/h13-17,22-24H,5-12H2,1-4H3/t13-,14?,15-,16+,17?,19+,20-,21+/m0/s1. The number of Topliss-reactive ketones (excluding diaryl/α,β-unsaturated/α-hetero) is 1. The van der Waals surface area contributed by atoms with E-state index in [2.05, 4.69) is 13.8 Å². The fourth-order valence-corrected chi connectivity index (χ4v) is 7.18. The van der Waals surface area contributed by atoms with E-state index < -0.39 is 16.9 Å². The molecule has 0 amide bonds. The Labute approximate surface area is 152 Å². The molecule has 3 fully saturated rings. The number of hydrogen-bond acceptors (Lipinski definition) is 4. The Bertz CT molecular complexity index is 534. The Morgan fingerprint density at radius 2 is 1.76 bits per heavy atom. The number of aliphatic hydroxyl groups is 3. The van der Waals surface area contributed by atoms with Crippen molar-refractivity contribution in [3.63, 3.8) is 0 Å². The van der Waals surface area contributed by atoms with Crippen molar-refractivity contribution in [3.05, 3.63) is 0 Å². The Balaban J connectivity index is 2.20. The van der Waals surface area contributed by atoms with Gasteiger partial charge in [-0.25, -0.2) is 0 Å². The van der Waals surface area contributed by atoms with Gasteiger partial charge < -0.3 is 15.3 Å². The first kappa shape index (κ1) is 19.3. The van der Waals surface area contributed by atoms with E-state index in [4.69, 9.17) is 0 Å². The van der Waals surface area contributed by atoms with E-state index in [0.29, 0.717) is 12.2 Å². The van der Waals surface area contributed by atoms with Crippen molar-refractivity contribution in [2.24, 2.45) is 39.9 Å². The van der Waals surface area contributed by atoms with Crippen LogP contribution in [0.3, 0.4) is 0 Å². The Morgan fingerprint density at radius 1 is 1.12 bits per heavy atom. The highest BCUT2D eigenvalue weighted by Crippen LogP contribution is 2.69. The molecule has 0 aromatic rings. The molecule has 0 aliphatic heterocycles. The summed E-state index contributed by atoms with van der Waals surface area (Å²) in [6.45, 7) is 8.46. The number of rotatable bonds is 3. The minimum Gasteiger partial charge on any atom is -0.396 e. The SMILES string of the molecule is CC[C@]1(C)C[C@@H](O)[C@@]2(C)C3C(CO)CC[C@@]3(CC[C@H]2CO)[C@@H](C)C1=O. The van der Waals surface area contributed by atoms with Crippen molar-refractivity contribution in [2.45, 2.75) is 72.3 Å². The predicted molar refractivity (Wildman–Crippen MR) is 96.8 cm³/mol. The average Bonchev–Trinajstić information content (AvgIpc) is 3.00. The molecule has 3 N–H and O–H groups in total. The van der Waals surface area contributed by atoms with Crippen LogP contribution in [-0.2, 0) is 4.79 Å². The molecule has 3 saturated carbocycles. The maximum atomic E-state index is 13.5. The van der Waals surface area contributed by atoms with Gasteiger partial charge in [0.1, 0.15) is 5.78 Å². The first-order valence-electron chi connectivity index (χ1n) is 10.2. The fourth-order valence-electron chi connectivity index (χ4n) is 7.18. The molecule has 0 aromatic carbocycles. The highest BCUT2D eigenvalue weighted by Gasteiger charge is 2.67. The third-order valence-electron chi connectivity index (χ3n) is 9.03. The molecule has 8 atom stereocenters. The van der Waals surface area contributed by atoms with Gasteiger partial charge in [-0.1, -0.05) is 27.7 Å². The van der Waals surface area contributed by atoms with Crippen LogP contribution in [0.15, 0.2) is 0 Å². The topological polar surface area (TPSA) is 77.8 Å². The molecule has 0 heterocycles. The van der Waals surface area contributed by atoms with Crippen molar-refractivity contribution in [3.8, 4) is 0 Å². The Hall–Kier alpha value is -0.450. The van der Waals surface area contributed by atoms with Gasteiger partial charge in [-0.2, -0.15) is 0 Å². The predicted octanol–water partition coefficient (Wildman–Crippen LogP) is 2.79. The minimum absolute atomic E-state index is 0.0364. The lowest BCUT2D eigenvalue weighted by Gasteiger charge is -2.62. The zero-order chi connectivity index (χ0) is 18.6. The number of carbonyl (C=O) groups is 1. The smallest absolute Gasteiger partial charge is 0.142 e. The van der Waals surface area contributed by atoms with Crippen molar-refractivity contribution in [2.75, 3.05) is 13.2 Å². The molecule has 2 bridgehead atoms. The molecule has 0 spiro atoms. The maximum Gasteiger partial charge on any atom is 0.142 e. The number of ketones is 1. The van der Waals surface area contributed by atoms with E-state index >= 15 is 0 Å². The molecule has 4 nitrogen and oxygen atoms in total. The van der Waals surface area contributed by atoms with Gasteiger partial charge in [0.2, 0.25) is 0 Å². The molecule has 3 aliphatic carbocycles. The van der Waals surface area contributed by atoms with E-state index in [0.717, 1.165) is 32.1 Å². The van der Waals surface area contributed by atoms with E-state index in [1.807, 2.05) is 13.8 Å². The first-order chi connectivity index (χ1) is 11.7. The van der Waals surface area contributed by atoms with Crippen LogP contribution in [0.4, 0.5) is 0 Å². The van der Waals surface area contributed by atoms with Crippen molar-refractivity contribution >= 4 is 5.78 Å². The summed E-state index contributed by atoms with van der Waals surface area (Å²) in [6.07, 6.45) is 4.23. The summed E-state index contributed by atoms with van der Waals surface area (Å²) < 4.78 is 0. The summed E-state index contributed by atoms with van der Waals surface area (Å²) in [7, 11) is 0. The highest BCUT2D eigenvalue weighted by atomic mass is 16.3. The van der Waals surface area contributed by atoms with Crippen molar-refractivity contribution in [1.82, 2.24) is 0 Å². The summed E-state index contributed by atoms with van der Waals surface area (Å²) in [5.41, 5.74) is -1.09. The van der Waals surface area contributed by atoms with Crippen LogP contribution < -0.4 is 0 Å². The third kappa shape index (κ3) is 2.40. The van der Waals surface area contributed by atoms with Gasteiger partial charge in [-0.05, 0) is 61.7 Å². The quantitative estimate of drug-likeness (QED) is 0.730. The molecule has 0 radical (unpaired) electrons. The van der Waals surface area contributed by atoms with Crippen LogP contribution in [0.1, 0.15) is 66.2 Å². The molecule has 3 aliphatic rings. The zero-order valence-corrected chi connectivity index (χ0v) is 16.3. The van der Waals surface area contributed by atoms with E-state index in [1.165, 1.54) is 0 Å². The minimum atomic E-state index is -0.622. The molecule has 25 heavy (non-hydrogen) atoms. The molecular formula is C21H36O4. The summed E-state index contributed by atoms with van der Waals surface area (Å²) in [5, 5.41) is 31.5. The molecule has 3 rings (SSSR count). The molecule has 4 heteroatoms. The molecule has 144 valence electrons. The zero-order valence-electron chi connectivity index (χ0n) is 16.3. The third-order valence-corrected chi connectivity index (χ3v) is 9.03. The van der Waals surface area contributed by atoms with Crippen LogP contribution in [0.25, 0.3) is 0 Å². The largest absolute Gasteiger partial charge is 0.396 e. The number of hydrogen-bond donors (Lipinski definition) is 3. The normalized spacial score (nSPS) is 53.2. The van der Waals surface area contributed by atoms with Gasteiger partial charge >= 0.3 is 0 Å². The second kappa shape index (κ2) is 6.31. The highest BCUT2D eigenvalue weighted by molar-refractivity contribution is 5.87. The van der Waals surface area contributed by atoms with Gasteiger partial charge in [0.05, 0.1) is 6.10 Å². The van der Waals surface area contributed by atoms with E-state index in [9.17, 15) is 20.1 Å². The fraction of sp³-hybridized carbons (Fsp3) is 0.952. The molecule has 0 saturated heterocycles. The number of carbonyl (C=O) groups excluding carboxylic acids is 1. The Morgan fingerprint density at radius 3 is 2.32 bits per heavy atom. The van der Waals surface area contributed by atoms with Crippen molar-refractivity contribution < 1.29 is 20.1 Å². The van der Waals surface area contributed by atoms with Crippen LogP contribution in [-0.4, -0.2) is 40.4 Å². The van der Waals surface area contributed by atoms with Crippen LogP contribution in [0, 0.1) is 39.9 Å². The molecule has 0 aromatic heterocycles. The van der Waals surface area contributed by atoms with E-state index in [-0.39, 0.29) is 42.3 Å². The van der Waals surface area contributed by atoms with E-state index in [1.54, 1.807) is 0 Å². The average molecular weight is 353 g/mol. The lowest BCUT2D eigenvalue weighted by Crippen LogP contribution is -2.62. The summed E-state index contributed by atoms with van der Waals surface area (Å²) in [5.74, 6) is 0.503. The number of aliphatic hydroxyl groups excluding tert-OH is 3. The lowest BCUT2D eigenvalue weighted by atomic mass is 9.43.